The van der Waals surface area contributed by atoms with Crippen LogP contribution in [0, 0.1) is 0 Å². The number of hydrogen-bond acceptors (Lipinski definition) is 2. The molecule has 0 saturated carbocycles. The van der Waals surface area contributed by atoms with Crippen LogP contribution < -0.4 is 0 Å². The van der Waals surface area contributed by atoms with Crippen molar-refractivity contribution in [1.29, 1.82) is 0 Å². The molecule has 2 aromatic heterocycles. The van der Waals surface area contributed by atoms with Gasteiger partial charge in [0.1, 0.15) is 0 Å². The molecule has 0 radical (unpaired) electrons. The number of para-hydroxylation sites is 1. The van der Waals surface area contributed by atoms with E-state index in [-0.39, 0.29) is 5.91 Å². The molecule has 5 nitrogen and oxygen atoms in total. The summed E-state index contributed by atoms with van der Waals surface area (Å²) in [5.74, 6) is 0.163. The van der Waals surface area contributed by atoms with Gasteiger partial charge in [0.25, 0.3) is 0 Å². The maximum atomic E-state index is 12.4. The lowest BCUT2D eigenvalue weighted by atomic mass is 10.1. The lowest BCUT2D eigenvalue weighted by Gasteiger charge is -2.18. The Balaban J connectivity index is 1.54. The quantitative estimate of drug-likeness (QED) is 0.645. The second-order valence-electron chi connectivity index (χ2n) is 6.22. The molecule has 0 saturated heterocycles. The van der Waals surface area contributed by atoms with Gasteiger partial charge in [-0.1, -0.05) is 18.2 Å². The molecule has 0 spiro atoms. The van der Waals surface area contributed by atoms with Gasteiger partial charge in [0.2, 0.25) is 5.91 Å². The van der Waals surface area contributed by atoms with Gasteiger partial charge in [-0.05, 0) is 47.3 Å². The molecule has 0 atom stereocenters. The van der Waals surface area contributed by atoms with Gasteiger partial charge in [0.15, 0.2) is 0 Å². The number of H-pyrrole nitrogens is 1. The molecule has 0 aliphatic heterocycles. The van der Waals surface area contributed by atoms with Gasteiger partial charge in [-0.25, -0.2) is 0 Å². The fourth-order valence-electron chi connectivity index (χ4n) is 3.09. The van der Waals surface area contributed by atoms with E-state index >= 15 is 0 Å². The van der Waals surface area contributed by atoms with Crippen molar-refractivity contribution in [2.45, 2.75) is 39.3 Å². The number of aryl methyl sites for hydroxylation is 2. The third-order valence-corrected chi connectivity index (χ3v) is 5.18. The zero-order valence-electron chi connectivity index (χ0n) is 14.6. The minimum absolute atomic E-state index is 0.163. The maximum Gasteiger partial charge on any atom is 0.222 e. The molecule has 6 heteroatoms. The van der Waals surface area contributed by atoms with Gasteiger partial charge in [0, 0.05) is 37.1 Å². The van der Waals surface area contributed by atoms with Crippen LogP contribution in [0.1, 0.15) is 31.0 Å². The standard InChI is InChI=1S/C19H23BrN4O/c1-3-24-18(16(20)12-22-24)13-23(2)19(25)10-6-7-14-11-21-17-9-5-4-8-15(14)17/h4-5,8-9,11-12,21H,3,6-7,10,13H2,1-2H3. The molecule has 132 valence electrons. The Morgan fingerprint density at radius 1 is 1.36 bits per heavy atom. The predicted molar refractivity (Wildman–Crippen MR) is 103 cm³/mol. The van der Waals surface area contributed by atoms with E-state index in [1.807, 2.05) is 30.8 Å². The molecular weight excluding hydrogens is 380 g/mol. The highest BCUT2D eigenvalue weighted by Gasteiger charge is 2.15. The van der Waals surface area contributed by atoms with Crippen LogP contribution in [-0.4, -0.2) is 32.6 Å². The average molecular weight is 403 g/mol. The van der Waals surface area contributed by atoms with Crippen molar-refractivity contribution in [1.82, 2.24) is 19.7 Å². The van der Waals surface area contributed by atoms with E-state index in [1.165, 1.54) is 10.9 Å². The fraction of sp³-hybridized carbons (Fsp3) is 0.368. The number of benzene rings is 1. The van der Waals surface area contributed by atoms with Gasteiger partial charge < -0.3 is 9.88 Å². The Hall–Kier alpha value is -2.08. The normalized spacial score (nSPS) is 11.2. The number of rotatable bonds is 7. The Morgan fingerprint density at radius 2 is 2.16 bits per heavy atom. The second-order valence-corrected chi connectivity index (χ2v) is 7.07. The van der Waals surface area contributed by atoms with Crippen molar-refractivity contribution in [2.75, 3.05) is 7.05 Å². The first-order chi connectivity index (χ1) is 12.1. The van der Waals surface area contributed by atoms with Crippen molar-refractivity contribution in [3.8, 4) is 0 Å². The summed E-state index contributed by atoms with van der Waals surface area (Å²) in [4.78, 5) is 17.5. The first-order valence-electron chi connectivity index (χ1n) is 8.59. The summed E-state index contributed by atoms with van der Waals surface area (Å²) < 4.78 is 2.87. The van der Waals surface area contributed by atoms with Gasteiger partial charge in [-0.15, -0.1) is 0 Å². The number of fused-ring (bicyclic) bond motifs is 1. The highest BCUT2D eigenvalue weighted by molar-refractivity contribution is 9.10. The number of nitrogens with one attached hydrogen (secondary N) is 1. The number of aromatic amines is 1. The molecule has 0 unspecified atom stereocenters. The minimum atomic E-state index is 0.163. The Kier molecular flexibility index (Phi) is 5.58. The number of nitrogens with zero attached hydrogens (tertiary/aromatic N) is 3. The molecule has 0 fully saturated rings. The van der Waals surface area contributed by atoms with Crippen LogP contribution in [0.5, 0.6) is 0 Å². The lowest BCUT2D eigenvalue weighted by molar-refractivity contribution is -0.130. The van der Waals surface area contributed by atoms with Crippen molar-refractivity contribution >= 4 is 32.7 Å². The fourth-order valence-corrected chi connectivity index (χ4v) is 3.51. The van der Waals surface area contributed by atoms with Crippen molar-refractivity contribution in [3.05, 3.63) is 52.4 Å². The number of amides is 1. The molecule has 1 amide bonds. The van der Waals surface area contributed by atoms with Gasteiger partial charge >= 0.3 is 0 Å². The highest BCUT2D eigenvalue weighted by atomic mass is 79.9. The van der Waals surface area contributed by atoms with Crippen LogP contribution in [-0.2, 0) is 24.3 Å². The van der Waals surface area contributed by atoms with Crippen LogP contribution in [0.2, 0.25) is 0 Å². The monoisotopic (exact) mass is 402 g/mol. The maximum absolute atomic E-state index is 12.4. The van der Waals surface area contributed by atoms with Crippen LogP contribution in [0.3, 0.4) is 0 Å². The summed E-state index contributed by atoms with van der Waals surface area (Å²) in [6, 6.07) is 8.28. The number of hydrogen-bond donors (Lipinski definition) is 1. The van der Waals surface area contributed by atoms with Crippen molar-refractivity contribution in [2.24, 2.45) is 0 Å². The van der Waals surface area contributed by atoms with Crippen LogP contribution in [0.15, 0.2) is 41.1 Å². The predicted octanol–water partition coefficient (Wildman–Crippen LogP) is 4.13. The van der Waals surface area contributed by atoms with E-state index < -0.39 is 0 Å². The molecule has 1 aromatic carbocycles. The van der Waals surface area contributed by atoms with Crippen molar-refractivity contribution < 1.29 is 4.79 Å². The lowest BCUT2D eigenvalue weighted by Crippen LogP contribution is -2.27. The Morgan fingerprint density at radius 3 is 2.96 bits per heavy atom. The summed E-state index contributed by atoms with van der Waals surface area (Å²) in [5, 5.41) is 5.55. The number of halogens is 1. The van der Waals surface area contributed by atoms with E-state index in [4.69, 9.17) is 0 Å². The molecule has 1 N–H and O–H groups in total. The number of aromatic nitrogens is 3. The number of carbonyl (C=O) groups excluding carboxylic acids is 1. The molecule has 2 heterocycles. The van der Waals surface area contributed by atoms with Gasteiger partial charge in [-0.2, -0.15) is 5.10 Å². The second kappa shape index (κ2) is 7.87. The minimum Gasteiger partial charge on any atom is -0.361 e. The third-order valence-electron chi connectivity index (χ3n) is 4.52. The average Bonchev–Trinajstić information content (AvgIpc) is 3.19. The summed E-state index contributed by atoms with van der Waals surface area (Å²) in [6.45, 7) is 3.41. The SMILES string of the molecule is CCn1ncc(Br)c1CN(C)C(=O)CCCc1c[nH]c2ccccc12. The molecule has 3 aromatic rings. The van der Waals surface area contributed by atoms with E-state index in [1.54, 1.807) is 11.1 Å². The first kappa shape index (κ1) is 17.7. The van der Waals surface area contributed by atoms with Crippen molar-refractivity contribution in [3.63, 3.8) is 0 Å². The van der Waals surface area contributed by atoms with E-state index in [0.717, 1.165) is 35.1 Å². The van der Waals surface area contributed by atoms with Crippen LogP contribution in [0.4, 0.5) is 0 Å². The summed E-state index contributed by atoms with van der Waals surface area (Å²) in [5.41, 5.74) is 3.46. The largest absolute Gasteiger partial charge is 0.361 e. The zero-order valence-corrected chi connectivity index (χ0v) is 16.2. The third kappa shape index (κ3) is 3.95. The molecule has 0 aliphatic carbocycles. The Labute approximate surface area is 156 Å². The van der Waals surface area contributed by atoms with E-state index in [2.05, 4.69) is 44.3 Å². The summed E-state index contributed by atoms with van der Waals surface area (Å²) in [6.07, 6.45) is 6.14. The molecule has 3 rings (SSSR count). The number of carbonyl (C=O) groups is 1. The molecule has 25 heavy (non-hydrogen) atoms. The highest BCUT2D eigenvalue weighted by Crippen LogP contribution is 2.20. The smallest absolute Gasteiger partial charge is 0.222 e. The Bertz CT molecular complexity index is 867. The van der Waals surface area contributed by atoms with Gasteiger partial charge in [-0.3, -0.25) is 9.48 Å². The van der Waals surface area contributed by atoms with Crippen LogP contribution in [0.25, 0.3) is 10.9 Å². The summed E-state index contributed by atoms with van der Waals surface area (Å²) in [7, 11) is 1.85. The van der Waals surface area contributed by atoms with E-state index in [0.29, 0.717) is 13.0 Å². The van der Waals surface area contributed by atoms with E-state index in [9.17, 15) is 4.79 Å². The molecule has 0 bridgehead atoms. The topological polar surface area (TPSA) is 53.9 Å². The van der Waals surface area contributed by atoms with Gasteiger partial charge in [0.05, 0.1) is 22.9 Å². The summed E-state index contributed by atoms with van der Waals surface area (Å²) >= 11 is 3.51. The molecular formula is C19H23BrN4O. The van der Waals surface area contributed by atoms with Crippen LogP contribution >= 0.6 is 15.9 Å². The molecule has 0 aliphatic rings. The zero-order chi connectivity index (χ0) is 17.8. The first-order valence-corrected chi connectivity index (χ1v) is 9.38.